The van der Waals surface area contributed by atoms with Crippen LogP contribution in [-0.4, -0.2) is 17.6 Å². The number of hydrogen-bond acceptors (Lipinski definition) is 3. The Morgan fingerprint density at radius 1 is 1.22 bits per heavy atom. The van der Waals surface area contributed by atoms with Gasteiger partial charge in [-0.1, -0.05) is 18.2 Å². The van der Waals surface area contributed by atoms with Crippen molar-refractivity contribution in [1.82, 2.24) is 4.57 Å². The number of methoxy groups -OCH3 is 1. The van der Waals surface area contributed by atoms with E-state index in [0.717, 1.165) is 0 Å². The molecule has 0 aliphatic rings. The molecular formula is C16H12F3NO2S. The highest BCUT2D eigenvalue weighted by molar-refractivity contribution is 7.10. The average Bonchev–Trinajstić information content (AvgIpc) is 3.12. The van der Waals surface area contributed by atoms with Crippen molar-refractivity contribution in [2.45, 2.75) is 12.7 Å². The zero-order chi connectivity index (χ0) is 16.6. The number of halogens is 3. The van der Waals surface area contributed by atoms with E-state index >= 15 is 0 Å². The number of carbonyl (C=O) groups is 1. The van der Waals surface area contributed by atoms with Crippen LogP contribution in [0.4, 0.5) is 13.2 Å². The number of fused-ring (bicyclic) bond motifs is 1. The molecule has 0 saturated carbocycles. The summed E-state index contributed by atoms with van der Waals surface area (Å²) < 4.78 is 45.8. The Hall–Kier alpha value is -2.28. The molecule has 2 aromatic heterocycles. The third-order valence-corrected chi connectivity index (χ3v) is 4.49. The van der Waals surface area contributed by atoms with Gasteiger partial charge < -0.3 is 9.30 Å². The van der Waals surface area contributed by atoms with Crippen LogP contribution in [0.2, 0.25) is 0 Å². The first-order valence-corrected chi connectivity index (χ1v) is 7.59. The Bertz CT molecular complexity index is 864. The summed E-state index contributed by atoms with van der Waals surface area (Å²) in [4.78, 5) is 10.9. The fraction of sp³-hybridized carbons (Fsp3) is 0.188. The smallest absolute Gasteiger partial charge is 0.426 e. The highest BCUT2D eigenvalue weighted by atomic mass is 32.1. The molecule has 0 bridgehead atoms. The van der Waals surface area contributed by atoms with Crippen molar-refractivity contribution in [3.05, 3.63) is 46.8 Å². The molecule has 0 aliphatic carbocycles. The number of thiophene rings is 1. The van der Waals surface area contributed by atoms with Crippen molar-refractivity contribution in [3.8, 4) is 11.1 Å². The molecule has 0 radical (unpaired) electrons. The number of hydrogen-bond donors (Lipinski definition) is 0. The standard InChI is InChI=1S/C16H12F3NO2S/c1-22-14(21)9-20-8-12(10-4-2-3-5-13(10)20)11-6-7-23-15(11)16(17,18)19/h2-8H,9H2,1H3. The lowest BCUT2D eigenvalue weighted by atomic mass is 10.1. The Morgan fingerprint density at radius 3 is 2.65 bits per heavy atom. The Morgan fingerprint density at radius 2 is 1.96 bits per heavy atom. The van der Waals surface area contributed by atoms with Crippen LogP contribution < -0.4 is 0 Å². The molecule has 23 heavy (non-hydrogen) atoms. The van der Waals surface area contributed by atoms with Gasteiger partial charge in [-0.05, 0) is 17.5 Å². The molecule has 0 spiro atoms. The van der Waals surface area contributed by atoms with Gasteiger partial charge in [0.25, 0.3) is 0 Å². The lowest BCUT2D eigenvalue weighted by molar-refractivity contribution is -0.141. The van der Waals surface area contributed by atoms with E-state index in [1.54, 1.807) is 35.0 Å². The van der Waals surface area contributed by atoms with Gasteiger partial charge in [0, 0.05) is 28.2 Å². The van der Waals surface area contributed by atoms with Crippen LogP contribution in [-0.2, 0) is 22.3 Å². The molecule has 0 atom stereocenters. The fourth-order valence-corrected chi connectivity index (χ4v) is 3.32. The van der Waals surface area contributed by atoms with Crippen LogP contribution >= 0.6 is 11.3 Å². The summed E-state index contributed by atoms with van der Waals surface area (Å²) in [5.74, 6) is -0.460. The normalized spacial score (nSPS) is 11.8. The van der Waals surface area contributed by atoms with Gasteiger partial charge in [-0.3, -0.25) is 4.79 Å². The SMILES string of the molecule is COC(=O)Cn1cc(-c2ccsc2C(F)(F)F)c2ccccc21. The second-order valence-corrected chi connectivity index (χ2v) is 5.84. The maximum absolute atomic E-state index is 13.2. The van der Waals surface area contributed by atoms with Gasteiger partial charge in [0.2, 0.25) is 0 Å². The van der Waals surface area contributed by atoms with Crippen molar-refractivity contribution in [1.29, 1.82) is 0 Å². The molecule has 3 nitrogen and oxygen atoms in total. The number of benzene rings is 1. The third kappa shape index (κ3) is 2.84. The molecule has 0 N–H and O–H groups in total. The molecule has 0 unspecified atom stereocenters. The van der Waals surface area contributed by atoms with Gasteiger partial charge in [-0.15, -0.1) is 11.3 Å². The number of carbonyl (C=O) groups excluding carboxylic acids is 1. The highest BCUT2D eigenvalue weighted by Crippen LogP contribution is 2.43. The Labute approximate surface area is 133 Å². The maximum atomic E-state index is 13.2. The van der Waals surface area contributed by atoms with Crippen molar-refractivity contribution >= 4 is 28.2 Å². The van der Waals surface area contributed by atoms with Crippen molar-refractivity contribution in [2.24, 2.45) is 0 Å². The second kappa shape index (κ2) is 5.73. The van der Waals surface area contributed by atoms with Crippen LogP contribution in [0.5, 0.6) is 0 Å². The van der Waals surface area contributed by atoms with Gasteiger partial charge in [0.05, 0.1) is 7.11 Å². The molecular weight excluding hydrogens is 327 g/mol. The van der Waals surface area contributed by atoms with Crippen molar-refractivity contribution in [2.75, 3.05) is 7.11 Å². The zero-order valence-electron chi connectivity index (χ0n) is 12.1. The van der Waals surface area contributed by atoms with Crippen LogP contribution in [0.1, 0.15) is 4.88 Å². The Kier molecular flexibility index (Phi) is 3.89. The van der Waals surface area contributed by atoms with E-state index in [9.17, 15) is 18.0 Å². The van der Waals surface area contributed by atoms with E-state index in [-0.39, 0.29) is 12.1 Å². The number of para-hydroxylation sites is 1. The van der Waals surface area contributed by atoms with Crippen LogP contribution in [0.15, 0.2) is 41.9 Å². The van der Waals surface area contributed by atoms with Crippen LogP contribution in [0, 0.1) is 0 Å². The number of alkyl halides is 3. The van der Waals surface area contributed by atoms with Crippen LogP contribution in [0.25, 0.3) is 22.0 Å². The number of rotatable bonds is 3. The minimum absolute atomic E-state index is 0.0531. The van der Waals surface area contributed by atoms with Gasteiger partial charge in [-0.25, -0.2) is 0 Å². The molecule has 7 heteroatoms. The summed E-state index contributed by atoms with van der Waals surface area (Å²) in [6, 6.07) is 8.50. The van der Waals surface area contributed by atoms with E-state index in [4.69, 9.17) is 0 Å². The molecule has 0 saturated heterocycles. The van der Waals surface area contributed by atoms with E-state index in [2.05, 4.69) is 4.74 Å². The predicted molar refractivity (Wildman–Crippen MR) is 82.3 cm³/mol. The third-order valence-electron chi connectivity index (χ3n) is 3.53. The molecule has 0 amide bonds. The summed E-state index contributed by atoms with van der Waals surface area (Å²) >= 11 is 0.662. The zero-order valence-corrected chi connectivity index (χ0v) is 12.9. The summed E-state index contributed by atoms with van der Waals surface area (Å²) in [6.07, 6.45) is -2.84. The molecule has 0 fully saturated rings. The average molecular weight is 339 g/mol. The molecule has 1 aromatic carbocycles. The van der Waals surface area contributed by atoms with E-state index in [0.29, 0.717) is 27.8 Å². The summed E-state index contributed by atoms with van der Waals surface area (Å²) in [5, 5.41) is 2.09. The Balaban J connectivity index is 2.20. The lowest BCUT2D eigenvalue weighted by Crippen LogP contribution is -2.10. The first-order chi connectivity index (χ1) is 10.9. The van der Waals surface area contributed by atoms with Crippen molar-refractivity contribution < 1.29 is 22.7 Å². The van der Waals surface area contributed by atoms with E-state index < -0.39 is 17.0 Å². The largest absolute Gasteiger partial charge is 0.468 e. The minimum Gasteiger partial charge on any atom is -0.468 e. The minimum atomic E-state index is -4.41. The first-order valence-electron chi connectivity index (χ1n) is 6.71. The number of ether oxygens (including phenoxy) is 1. The number of nitrogens with zero attached hydrogens (tertiary/aromatic N) is 1. The van der Waals surface area contributed by atoms with Crippen LogP contribution in [0.3, 0.4) is 0 Å². The second-order valence-electron chi connectivity index (χ2n) is 4.93. The summed E-state index contributed by atoms with van der Waals surface area (Å²) in [5.41, 5.74) is 1.27. The molecule has 3 rings (SSSR count). The van der Waals surface area contributed by atoms with Gasteiger partial charge in [0.1, 0.15) is 11.4 Å². The van der Waals surface area contributed by atoms with E-state index in [1.165, 1.54) is 18.6 Å². The molecule has 120 valence electrons. The number of esters is 1. The number of aromatic nitrogens is 1. The topological polar surface area (TPSA) is 31.2 Å². The monoisotopic (exact) mass is 339 g/mol. The van der Waals surface area contributed by atoms with Gasteiger partial charge in [0.15, 0.2) is 0 Å². The molecule has 0 aliphatic heterocycles. The lowest BCUT2D eigenvalue weighted by Gasteiger charge is -2.06. The van der Waals surface area contributed by atoms with Crippen molar-refractivity contribution in [3.63, 3.8) is 0 Å². The summed E-state index contributed by atoms with van der Waals surface area (Å²) in [7, 11) is 1.27. The summed E-state index contributed by atoms with van der Waals surface area (Å²) in [6.45, 7) is -0.0531. The predicted octanol–water partition coefficient (Wildman–Crippen LogP) is 4.56. The molecule has 3 aromatic rings. The maximum Gasteiger partial charge on any atom is 0.426 e. The molecule has 2 heterocycles. The quantitative estimate of drug-likeness (QED) is 0.655. The highest BCUT2D eigenvalue weighted by Gasteiger charge is 2.35. The van der Waals surface area contributed by atoms with E-state index in [1.807, 2.05) is 0 Å². The van der Waals surface area contributed by atoms with Gasteiger partial charge in [-0.2, -0.15) is 13.2 Å². The first kappa shape index (κ1) is 15.6. The van der Waals surface area contributed by atoms with Gasteiger partial charge >= 0.3 is 12.1 Å². The fourth-order valence-electron chi connectivity index (χ4n) is 2.54.